The van der Waals surface area contributed by atoms with Gasteiger partial charge < -0.3 is 9.64 Å². The first-order valence-electron chi connectivity index (χ1n) is 8.74. The normalized spacial score (nSPS) is 19.9. The highest BCUT2D eigenvalue weighted by atomic mass is 35.5. The minimum absolute atomic E-state index is 0.0670. The molecule has 0 amide bonds. The summed E-state index contributed by atoms with van der Waals surface area (Å²) < 4.78 is 5.54. The van der Waals surface area contributed by atoms with Gasteiger partial charge in [0.05, 0.1) is 5.56 Å². The number of halogens is 1. The molecule has 1 aliphatic carbocycles. The van der Waals surface area contributed by atoms with E-state index in [-0.39, 0.29) is 11.7 Å². The van der Waals surface area contributed by atoms with Crippen LogP contribution < -0.4 is 4.90 Å². The maximum Gasteiger partial charge on any atom is 0.338 e. The summed E-state index contributed by atoms with van der Waals surface area (Å²) in [5, 5.41) is 0.581. The van der Waals surface area contributed by atoms with Crippen LogP contribution in [0.5, 0.6) is 0 Å². The van der Waals surface area contributed by atoms with E-state index in [1.54, 1.807) is 18.2 Å². The molecule has 0 aliphatic heterocycles. The molecule has 0 heterocycles. The fourth-order valence-corrected chi connectivity index (χ4v) is 3.56. The van der Waals surface area contributed by atoms with Gasteiger partial charge in [-0.25, -0.2) is 4.79 Å². The third-order valence-electron chi connectivity index (χ3n) is 4.77. The first-order chi connectivity index (χ1) is 12.5. The van der Waals surface area contributed by atoms with Crippen LogP contribution in [-0.4, -0.2) is 32.0 Å². The van der Waals surface area contributed by atoms with Gasteiger partial charge in [-0.05, 0) is 55.2 Å². The van der Waals surface area contributed by atoms with Crippen molar-refractivity contribution in [1.82, 2.24) is 0 Å². The van der Waals surface area contributed by atoms with Crippen molar-refractivity contribution in [3.05, 3.63) is 64.7 Å². The average molecular weight is 372 g/mol. The van der Waals surface area contributed by atoms with Gasteiger partial charge in [-0.3, -0.25) is 4.79 Å². The van der Waals surface area contributed by atoms with E-state index >= 15 is 0 Å². The standard InChI is InChI=1S/C21H22ClNO3/c1-23(2)15-12-10-14(11-13-15)21(25)26-19-9-5-7-17(20(19)24)16-6-3-4-8-18(16)22/h3-4,6,8,10-13,17,19H,5,7,9H2,1-2H3/t17?,19-/m1/s1. The van der Waals surface area contributed by atoms with Crippen LogP contribution in [0.15, 0.2) is 48.5 Å². The molecule has 3 rings (SSSR count). The summed E-state index contributed by atoms with van der Waals surface area (Å²) >= 11 is 6.25. The van der Waals surface area contributed by atoms with E-state index in [0.29, 0.717) is 17.0 Å². The van der Waals surface area contributed by atoms with Gasteiger partial charge in [0.1, 0.15) is 0 Å². The Morgan fingerprint density at radius 1 is 1.08 bits per heavy atom. The molecule has 4 nitrogen and oxygen atoms in total. The van der Waals surface area contributed by atoms with E-state index in [2.05, 4.69) is 0 Å². The number of hydrogen-bond donors (Lipinski definition) is 0. The number of carbonyl (C=O) groups is 2. The van der Waals surface area contributed by atoms with Gasteiger partial charge in [-0.15, -0.1) is 0 Å². The van der Waals surface area contributed by atoms with E-state index in [1.807, 2.05) is 49.3 Å². The highest BCUT2D eigenvalue weighted by Gasteiger charge is 2.35. The molecule has 0 saturated heterocycles. The second kappa shape index (κ2) is 7.92. The number of nitrogens with zero attached hydrogens (tertiary/aromatic N) is 1. The maximum absolute atomic E-state index is 12.8. The molecule has 2 aromatic carbocycles. The Hall–Kier alpha value is -2.33. The van der Waals surface area contributed by atoms with Crippen LogP contribution in [-0.2, 0) is 9.53 Å². The molecule has 1 aliphatic rings. The zero-order valence-electron chi connectivity index (χ0n) is 14.9. The molecule has 0 N–H and O–H groups in total. The Morgan fingerprint density at radius 3 is 2.42 bits per heavy atom. The number of ether oxygens (including phenoxy) is 1. The molecule has 2 aromatic rings. The molecule has 0 aromatic heterocycles. The first-order valence-corrected chi connectivity index (χ1v) is 9.11. The number of benzene rings is 2. The monoisotopic (exact) mass is 371 g/mol. The van der Waals surface area contributed by atoms with Gasteiger partial charge in [0.2, 0.25) is 0 Å². The molecule has 1 saturated carbocycles. The zero-order chi connectivity index (χ0) is 18.7. The van der Waals surface area contributed by atoms with E-state index in [0.717, 1.165) is 24.1 Å². The van der Waals surface area contributed by atoms with Crippen molar-refractivity contribution < 1.29 is 14.3 Å². The number of rotatable bonds is 4. The lowest BCUT2D eigenvalue weighted by molar-refractivity contribution is -0.131. The smallest absolute Gasteiger partial charge is 0.338 e. The zero-order valence-corrected chi connectivity index (χ0v) is 15.7. The number of carbonyl (C=O) groups excluding carboxylic acids is 2. The fraction of sp³-hybridized carbons (Fsp3) is 0.333. The topological polar surface area (TPSA) is 46.6 Å². The van der Waals surface area contributed by atoms with Crippen molar-refractivity contribution in [3.63, 3.8) is 0 Å². The Bertz CT molecular complexity index is 801. The van der Waals surface area contributed by atoms with Gasteiger partial charge in [0, 0.05) is 30.7 Å². The van der Waals surface area contributed by atoms with Crippen LogP contribution in [0.4, 0.5) is 5.69 Å². The summed E-state index contributed by atoms with van der Waals surface area (Å²) in [6.45, 7) is 0. The van der Waals surface area contributed by atoms with Gasteiger partial charge >= 0.3 is 5.97 Å². The van der Waals surface area contributed by atoms with Crippen molar-refractivity contribution in [2.24, 2.45) is 0 Å². The van der Waals surface area contributed by atoms with Crippen molar-refractivity contribution in [2.75, 3.05) is 19.0 Å². The van der Waals surface area contributed by atoms with E-state index in [9.17, 15) is 9.59 Å². The second-order valence-electron chi connectivity index (χ2n) is 6.74. The van der Waals surface area contributed by atoms with Crippen molar-refractivity contribution >= 4 is 29.0 Å². The highest BCUT2D eigenvalue weighted by Crippen LogP contribution is 2.35. The molecule has 1 fully saturated rings. The van der Waals surface area contributed by atoms with Gasteiger partial charge in [-0.1, -0.05) is 29.8 Å². The van der Waals surface area contributed by atoms with Crippen molar-refractivity contribution in [3.8, 4) is 0 Å². The van der Waals surface area contributed by atoms with Crippen LogP contribution in [0.25, 0.3) is 0 Å². The largest absolute Gasteiger partial charge is 0.451 e. The van der Waals surface area contributed by atoms with E-state index in [4.69, 9.17) is 16.3 Å². The molecule has 0 bridgehead atoms. The summed E-state index contributed by atoms with van der Waals surface area (Å²) in [6, 6.07) is 14.5. The molecular formula is C21H22ClNO3. The second-order valence-corrected chi connectivity index (χ2v) is 7.15. The average Bonchev–Trinajstić information content (AvgIpc) is 2.64. The summed E-state index contributed by atoms with van der Waals surface area (Å²) in [5.74, 6) is -0.845. The SMILES string of the molecule is CN(C)c1ccc(C(=O)O[C@@H]2CCCC(c3ccccc3Cl)C2=O)cc1. The fourth-order valence-electron chi connectivity index (χ4n) is 3.29. The highest BCUT2D eigenvalue weighted by molar-refractivity contribution is 6.31. The number of hydrogen-bond acceptors (Lipinski definition) is 4. The van der Waals surface area contributed by atoms with Crippen LogP contribution in [0.1, 0.15) is 41.1 Å². The first kappa shape index (κ1) is 18.5. The van der Waals surface area contributed by atoms with Gasteiger partial charge in [-0.2, -0.15) is 0 Å². The summed E-state index contributed by atoms with van der Waals surface area (Å²) in [4.78, 5) is 27.2. The predicted octanol–water partition coefficient (Wildman–Crippen LogP) is 4.47. The molecule has 136 valence electrons. The van der Waals surface area contributed by atoms with Crippen molar-refractivity contribution in [2.45, 2.75) is 31.3 Å². The molecule has 26 heavy (non-hydrogen) atoms. The molecule has 0 spiro atoms. The number of ketones is 1. The number of esters is 1. The molecule has 1 unspecified atom stereocenters. The Morgan fingerprint density at radius 2 is 1.77 bits per heavy atom. The quantitative estimate of drug-likeness (QED) is 0.744. The van der Waals surface area contributed by atoms with Crippen LogP contribution in [0.3, 0.4) is 0 Å². The summed E-state index contributed by atoms with van der Waals surface area (Å²) in [7, 11) is 3.87. The Kier molecular flexibility index (Phi) is 5.62. The molecular weight excluding hydrogens is 350 g/mol. The van der Waals surface area contributed by atoms with Gasteiger partial charge in [0.15, 0.2) is 11.9 Å². The van der Waals surface area contributed by atoms with Crippen molar-refractivity contribution in [1.29, 1.82) is 0 Å². The Balaban J connectivity index is 1.72. The van der Waals surface area contributed by atoms with E-state index in [1.165, 1.54) is 0 Å². The molecule has 0 radical (unpaired) electrons. The lowest BCUT2D eigenvalue weighted by Gasteiger charge is -2.28. The lowest BCUT2D eigenvalue weighted by atomic mass is 9.81. The Labute approximate surface area is 158 Å². The van der Waals surface area contributed by atoms with Gasteiger partial charge in [0.25, 0.3) is 0 Å². The third-order valence-corrected chi connectivity index (χ3v) is 5.11. The van der Waals surface area contributed by atoms with Crippen LogP contribution in [0, 0.1) is 0 Å². The van der Waals surface area contributed by atoms with E-state index < -0.39 is 12.1 Å². The van der Waals surface area contributed by atoms with Crippen LogP contribution in [0.2, 0.25) is 5.02 Å². The van der Waals surface area contributed by atoms with Crippen LogP contribution >= 0.6 is 11.6 Å². The summed E-state index contributed by atoms with van der Waals surface area (Å²) in [5.41, 5.74) is 2.26. The summed E-state index contributed by atoms with van der Waals surface area (Å²) in [6.07, 6.45) is 1.39. The lowest BCUT2D eigenvalue weighted by Crippen LogP contribution is -2.35. The predicted molar refractivity (Wildman–Crippen MR) is 103 cm³/mol. The molecule has 2 atom stereocenters. The molecule has 5 heteroatoms. The third kappa shape index (κ3) is 3.91. The number of Topliss-reactive ketones (excluding diaryl/α,β-unsaturated/α-hetero) is 1. The minimum atomic E-state index is -0.717. The minimum Gasteiger partial charge on any atom is -0.451 e. The maximum atomic E-state index is 12.8. The number of anilines is 1.